The molecule has 32 heavy (non-hydrogen) atoms. The van der Waals surface area contributed by atoms with Crippen molar-refractivity contribution in [2.45, 2.75) is 17.2 Å². The van der Waals surface area contributed by atoms with Gasteiger partial charge in [0.25, 0.3) is 0 Å². The predicted molar refractivity (Wildman–Crippen MR) is 134 cm³/mol. The first-order chi connectivity index (χ1) is 15.7. The minimum absolute atomic E-state index is 0.0227. The number of benzene rings is 2. The third-order valence-electron chi connectivity index (χ3n) is 4.87. The van der Waals surface area contributed by atoms with E-state index in [2.05, 4.69) is 23.2 Å². The van der Waals surface area contributed by atoms with Crippen LogP contribution < -0.4 is 4.74 Å². The van der Waals surface area contributed by atoms with E-state index in [1.54, 1.807) is 42.5 Å². The molecule has 0 bridgehead atoms. The summed E-state index contributed by atoms with van der Waals surface area (Å²) in [5.74, 6) is 1.60. The van der Waals surface area contributed by atoms with Gasteiger partial charge in [0.2, 0.25) is 0 Å². The van der Waals surface area contributed by atoms with E-state index in [0.29, 0.717) is 0 Å². The normalized spacial score (nSPS) is 11.0. The van der Waals surface area contributed by atoms with Crippen molar-refractivity contribution in [1.82, 2.24) is 4.98 Å². The first kappa shape index (κ1) is 22.1. The Bertz CT molecular complexity index is 1200. The molecule has 0 N–H and O–H groups in total. The summed E-state index contributed by atoms with van der Waals surface area (Å²) in [6.45, 7) is 0. The molecule has 0 radical (unpaired) electrons. The van der Waals surface area contributed by atoms with Gasteiger partial charge in [0.05, 0.1) is 17.0 Å². The van der Waals surface area contributed by atoms with E-state index in [1.807, 2.05) is 66.7 Å². The van der Waals surface area contributed by atoms with Crippen LogP contribution >= 0.6 is 23.1 Å². The summed E-state index contributed by atoms with van der Waals surface area (Å²) in [5.41, 5.74) is 3.29. The maximum Gasteiger partial charge on any atom is 0.195 e. The molecule has 5 heteroatoms. The number of ether oxygens (including phenoxy) is 1. The summed E-state index contributed by atoms with van der Waals surface area (Å²) in [4.78, 5) is 19.0. The Hall–Kier alpha value is -3.15. The van der Waals surface area contributed by atoms with Crippen LogP contribution in [-0.2, 0) is 12.2 Å². The minimum atomic E-state index is 0.0227. The van der Waals surface area contributed by atoms with Crippen LogP contribution in [0.25, 0.3) is 6.08 Å². The Morgan fingerprint density at radius 3 is 2.66 bits per heavy atom. The molecule has 0 amide bonds. The number of thioether (sulfide) groups is 1. The average molecular weight is 458 g/mol. The summed E-state index contributed by atoms with van der Waals surface area (Å²) < 4.78 is 5.51. The number of methoxy groups -OCH3 is 1. The molecular formula is C27H23NO2S2. The van der Waals surface area contributed by atoms with Crippen molar-refractivity contribution in [3.63, 3.8) is 0 Å². The van der Waals surface area contributed by atoms with Gasteiger partial charge in [-0.15, -0.1) is 23.1 Å². The molecule has 0 fully saturated rings. The van der Waals surface area contributed by atoms with Crippen LogP contribution in [-0.4, -0.2) is 17.9 Å². The molecule has 0 atom stereocenters. The van der Waals surface area contributed by atoms with Crippen LogP contribution in [0.1, 0.15) is 31.2 Å². The van der Waals surface area contributed by atoms with Crippen molar-refractivity contribution >= 4 is 35.0 Å². The van der Waals surface area contributed by atoms with Crippen molar-refractivity contribution in [3.05, 3.63) is 118 Å². The van der Waals surface area contributed by atoms with Gasteiger partial charge in [-0.2, -0.15) is 0 Å². The summed E-state index contributed by atoms with van der Waals surface area (Å²) in [6, 6.07) is 26.1. The van der Waals surface area contributed by atoms with Crippen LogP contribution in [0, 0.1) is 0 Å². The number of pyridine rings is 1. The second kappa shape index (κ2) is 10.9. The third kappa shape index (κ3) is 5.96. The highest BCUT2D eigenvalue weighted by Crippen LogP contribution is 2.28. The number of nitrogens with zero attached hydrogens (tertiary/aromatic N) is 1. The van der Waals surface area contributed by atoms with E-state index in [1.165, 1.54) is 10.4 Å². The molecule has 0 aliphatic rings. The summed E-state index contributed by atoms with van der Waals surface area (Å²) >= 11 is 3.21. The van der Waals surface area contributed by atoms with E-state index in [-0.39, 0.29) is 5.78 Å². The molecule has 0 unspecified atom stereocenters. The number of hydrogen-bond donors (Lipinski definition) is 0. The van der Waals surface area contributed by atoms with Crippen molar-refractivity contribution < 1.29 is 9.53 Å². The number of hydrogen-bond acceptors (Lipinski definition) is 5. The van der Waals surface area contributed by atoms with Gasteiger partial charge in [-0.05, 0) is 53.6 Å². The predicted octanol–water partition coefficient (Wildman–Crippen LogP) is 6.93. The fourth-order valence-electron chi connectivity index (χ4n) is 3.26. The lowest BCUT2D eigenvalue weighted by Crippen LogP contribution is -1.93. The van der Waals surface area contributed by atoms with Gasteiger partial charge in [0, 0.05) is 28.8 Å². The van der Waals surface area contributed by atoms with Crippen molar-refractivity contribution in [3.8, 4) is 5.75 Å². The van der Waals surface area contributed by atoms with E-state index in [0.717, 1.165) is 39.0 Å². The van der Waals surface area contributed by atoms with Crippen LogP contribution in [0.3, 0.4) is 0 Å². The third-order valence-corrected chi connectivity index (χ3v) is 6.96. The van der Waals surface area contributed by atoms with E-state index >= 15 is 0 Å². The highest BCUT2D eigenvalue weighted by atomic mass is 32.2. The number of rotatable bonds is 9. The molecule has 4 rings (SSSR count). The number of ketones is 1. The number of carbonyl (C=O) groups excluding carboxylic acids is 1. The van der Waals surface area contributed by atoms with Crippen LogP contribution in [0.2, 0.25) is 0 Å². The molecular weight excluding hydrogens is 434 g/mol. The molecule has 0 spiro atoms. The molecule has 2 heterocycles. The van der Waals surface area contributed by atoms with Crippen LogP contribution in [0.5, 0.6) is 5.75 Å². The Balaban J connectivity index is 1.43. The van der Waals surface area contributed by atoms with E-state index in [9.17, 15) is 4.79 Å². The molecule has 3 nitrogen and oxygen atoms in total. The lowest BCUT2D eigenvalue weighted by atomic mass is 10.1. The fraction of sp³-hybridized carbons (Fsp3) is 0.111. The van der Waals surface area contributed by atoms with Crippen LogP contribution in [0.15, 0.2) is 96.2 Å². The minimum Gasteiger partial charge on any atom is -0.496 e. The lowest BCUT2D eigenvalue weighted by Gasteiger charge is -2.09. The zero-order valence-electron chi connectivity index (χ0n) is 17.7. The van der Waals surface area contributed by atoms with Crippen molar-refractivity contribution in [2.75, 3.05) is 7.11 Å². The Kier molecular flexibility index (Phi) is 7.54. The zero-order chi connectivity index (χ0) is 22.2. The second-order valence-corrected chi connectivity index (χ2v) is 9.32. The monoisotopic (exact) mass is 457 g/mol. The average Bonchev–Trinajstić information content (AvgIpc) is 3.31. The van der Waals surface area contributed by atoms with Gasteiger partial charge in [0.15, 0.2) is 5.78 Å². The number of thiophene rings is 1. The van der Waals surface area contributed by atoms with Gasteiger partial charge in [-0.25, -0.2) is 4.98 Å². The van der Waals surface area contributed by atoms with E-state index in [4.69, 9.17) is 4.74 Å². The maximum atomic E-state index is 12.7. The van der Waals surface area contributed by atoms with Crippen molar-refractivity contribution in [2.24, 2.45) is 0 Å². The molecule has 0 aliphatic carbocycles. The van der Waals surface area contributed by atoms with Gasteiger partial charge in [-0.1, -0.05) is 48.5 Å². The largest absolute Gasteiger partial charge is 0.496 e. The second-order valence-electron chi connectivity index (χ2n) is 7.15. The molecule has 0 aliphatic heterocycles. The fourth-order valence-corrected chi connectivity index (χ4v) is 5.06. The van der Waals surface area contributed by atoms with Gasteiger partial charge < -0.3 is 4.74 Å². The number of allylic oxidation sites excluding steroid dienone is 1. The van der Waals surface area contributed by atoms with Crippen LogP contribution in [0.4, 0.5) is 0 Å². The van der Waals surface area contributed by atoms with Gasteiger partial charge in [-0.3, -0.25) is 4.79 Å². The molecule has 0 saturated heterocycles. The smallest absolute Gasteiger partial charge is 0.195 e. The molecule has 160 valence electrons. The van der Waals surface area contributed by atoms with Gasteiger partial charge >= 0.3 is 0 Å². The highest BCUT2D eigenvalue weighted by Gasteiger charge is 2.08. The molecule has 2 aromatic carbocycles. The summed E-state index contributed by atoms with van der Waals surface area (Å²) in [5, 5.41) is 0.967. The van der Waals surface area contributed by atoms with Crippen molar-refractivity contribution in [1.29, 1.82) is 0 Å². The SMILES string of the molecule is COc1ccc(/C=C/C(=O)c2ccc(Cc3ccccc3)s2)cc1CSc1ccccn1. The molecule has 4 aromatic rings. The quantitative estimate of drug-likeness (QED) is 0.155. The first-order valence-electron chi connectivity index (χ1n) is 10.3. The number of carbonyl (C=O) groups is 1. The maximum absolute atomic E-state index is 12.7. The zero-order valence-corrected chi connectivity index (χ0v) is 19.4. The Morgan fingerprint density at radius 1 is 1.03 bits per heavy atom. The Labute approximate surface area is 196 Å². The lowest BCUT2D eigenvalue weighted by molar-refractivity contribution is 0.105. The van der Waals surface area contributed by atoms with E-state index < -0.39 is 0 Å². The summed E-state index contributed by atoms with van der Waals surface area (Å²) in [7, 11) is 1.67. The standard InChI is InChI=1S/C27H23NO2S2/c1-30-25-14-11-21(17-22(25)19-31-27-9-5-6-16-28-27)10-13-24(29)26-15-12-23(32-26)18-20-7-3-2-4-8-20/h2-17H,18-19H2,1H3/b13-10+. The summed E-state index contributed by atoms with van der Waals surface area (Å²) in [6.07, 6.45) is 6.15. The van der Waals surface area contributed by atoms with Gasteiger partial charge in [0.1, 0.15) is 5.75 Å². The number of aromatic nitrogens is 1. The molecule has 2 aromatic heterocycles. The first-order valence-corrected chi connectivity index (χ1v) is 12.1. The topological polar surface area (TPSA) is 39.2 Å². The highest BCUT2D eigenvalue weighted by molar-refractivity contribution is 7.98. The Morgan fingerprint density at radius 2 is 1.88 bits per heavy atom. The molecule has 0 saturated carbocycles.